The minimum absolute atomic E-state index is 0.0475. The molecule has 0 radical (unpaired) electrons. The zero-order valence-electron chi connectivity index (χ0n) is 11.3. The van der Waals surface area contributed by atoms with Crippen molar-refractivity contribution < 1.29 is 14.6 Å². The zero-order chi connectivity index (χ0) is 13.9. The minimum Gasteiger partial charge on any atom is -0.390 e. The van der Waals surface area contributed by atoms with Crippen molar-refractivity contribution >= 4 is 5.91 Å². The Balaban J connectivity index is 1.61. The van der Waals surface area contributed by atoms with Crippen molar-refractivity contribution in [2.24, 2.45) is 0 Å². The maximum Gasteiger partial charge on any atom is 0.222 e. The highest BCUT2D eigenvalue weighted by Crippen LogP contribution is 2.31. The molecule has 1 amide bonds. The lowest BCUT2D eigenvalue weighted by Gasteiger charge is -2.25. The van der Waals surface area contributed by atoms with E-state index in [1.165, 1.54) is 0 Å². The van der Waals surface area contributed by atoms with Gasteiger partial charge in [0.15, 0.2) is 0 Å². The molecule has 0 aromatic heterocycles. The first kappa shape index (κ1) is 13.5. The van der Waals surface area contributed by atoms with E-state index in [0.717, 1.165) is 17.7 Å². The Morgan fingerprint density at radius 3 is 3.10 bits per heavy atom. The summed E-state index contributed by atoms with van der Waals surface area (Å²) in [5.41, 5.74) is 2.14. The van der Waals surface area contributed by atoms with E-state index in [4.69, 9.17) is 4.74 Å². The summed E-state index contributed by atoms with van der Waals surface area (Å²) in [6, 6.07) is 7.64. The molecule has 3 rings (SSSR count). The van der Waals surface area contributed by atoms with Crippen molar-refractivity contribution in [3.05, 3.63) is 35.4 Å². The summed E-state index contributed by atoms with van der Waals surface area (Å²) < 4.78 is 5.34. The van der Waals surface area contributed by atoms with Gasteiger partial charge in [-0.05, 0) is 11.1 Å². The SMILES string of the molecule is O=C(CC1COCCN1)N[C@H]1c2ccccc2C[C@H]1O. The van der Waals surface area contributed by atoms with Crippen LogP contribution in [0.15, 0.2) is 24.3 Å². The number of rotatable bonds is 3. The van der Waals surface area contributed by atoms with Crippen LogP contribution >= 0.6 is 0 Å². The molecule has 1 saturated heterocycles. The third kappa shape index (κ3) is 2.85. The lowest BCUT2D eigenvalue weighted by atomic mass is 10.1. The van der Waals surface area contributed by atoms with Gasteiger partial charge in [0.05, 0.1) is 25.4 Å². The fraction of sp³-hybridized carbons (Fsp3) is 0.533. The number of morpholine rings is 1. The highest BCUT2D eigenvalue weighted by atomic mass is 16.5. The zero-order valence-corrected chi connectivity index (χ0v) is 11.3. The first-order valence-corrected chi connectivity index (χ1v) is 7.10. The van der Waals surface area contributed by atoms with Crippen molar-refractivity contribution in [3.8, 4) is 0 Å². The molecule has 5 heteroatoms. The predicted molar refractivity (Wildman–Crippen MR) is 74.3 cm³/mol. The molecule has 5 nitrogen and oxygen atoms in total. The molecule has 1 aliphatic heterocycles. The van der Waals surface area contributed by atoms with Gasteiger partial charge in [-0.25, -0.2) is 0 Å². The van der Waals surface area contributed by atoms with Gasteiger partial charge in [-0.1, -0.05) is 24.3 Å². The van der Waals surface area contributed by atoms with Crippen LogP contribution in [-0.4, -0.2) is 42.9 Å². The van der Waals surface area contributed by atoms with Gasteiger partial charge in [-0.2, -0.15) is 0 Å². The number of hydrogen-bond donors (Lipinski definition) is 3. The van der Waals surface area contributed by atoms with Crippen LogP contribution in [0, 0.1) is 0 Å². The molecule has 0 spiro atoms. The number of ether oxygens (including phenoxy) is 1. The fourth-order valence-corrected chi connectivity index (χ4v) is 2.95. The lowest BCUT2D eigenvalue weighted by Crippen LogP contribution is -2.45. The summed E-state index contributed by atoms with van der Waals surface area (Å²) in [5, 5.41) is 16.3. The van der Waals surface area contributed by atoms with Crippen LogP contribution in [0.25, 0.3) is 0 Å². The Kier molecular flexibility index (Phi) is 4.00. The first-order valence-electron chi connectivity index (χ1n) is 7.10. The smallest absolute Gasteiger partial charge is 0.222 e. The lowest BCUT2D eigenvalue weighted by molar-refractivity contribution is -0.123. The Bertz CT molecular complexity index is 486. The standard InChI is InChI=1S/C15H20N2O3/c18-13-7-10-3-1-2-4-12(10)15(13)17-14(19)8-11-9-20-6-5-16-11/h1-4,11,13,15-16,18H,5-9H2,(H,17,19)/t11?,13-,15+/m1/s1. The third-order valence-electron chi connectivity index (χ3n) is 3.95. The van der Waals surface area contributed by atoms with E-state index < -0.39 is 6.10 Å². The van der Waals surface area contributed by atoms with Crippen LogP contribution < -0.4 is 10.6 Å². The van der Waals surface area contributed by atoms with E-state index >= 15 is 0 Å². The monoisotopic (exact) mass is 276 g/mol. The molecule has 108 valence electrons. The van der Waals surface area contributed by atoms with Crippen LogP contribution in [0.4, 0.5) is 0 Å². The maximum absolute atomic E-state index is 12.1. The average Bonchev–Trinajstić information content (AvgIpc) is 2.76. The van der Waals surface area contributed by atoms with Gasteiger partial charge in [-0.3, -0.25) is 4.79 Å². The second-order valence-corrected chi connectivity index (χ2v) is 5.45. The van der Waals surface area contributed by atoms with E-state index in [0.29, 0.717) is 26.1 Å². The molecule has 1 aromatic carbocycles. The first-order chi connectivity index (χ1) is 9.74. The second kappa shape index (κ2) is 5.91. The van der Waals surface area contributed by atoms with Gasteiger partial charge in [0.2, 0.25) is 5.91 Å². The number of nitrogens with one attached hydrogen (secondary N) is 2. The molecule has 1 fully saturated rings. The minimum atomic E-state index is -0.535. The molecule has 1 unspecified atom stereocenters. The highest BCUT2D eigenvalue weighted by Gasteiger charge is 2.32. The number of carbonyl (C=O) groups excluding carboxylic acids is 1. The molecule has 0 bridgehead atoms. The van der Waals surface area contributed by atoms with Gasteiger partial charge in [0, 0.05) is 25.4 Å². The molecule has 2 aliphatic rings. The van der Waals surface area contributed by atoms with Crippen molar-refractivity contribution in [2.45, 2.75) is 31.0 Å². The molecule has 1 heterocycles. The van der Waals surface area contributed by atoms with Crippen molar-refractivity contribution in [1.29, 1.82) is 0 Å². The topological polar surface area (TPSA) is 70.6 Å². The molecular weight excluding hydrogens is 256 g/mol. The number of hydrogen-bond acceptors (Lipinski definition) is 4. The Hall–Kier alpha value is -1.43. The van der Waals surface area contributed by atoms with E-state index in [1.807, 2.05) is 24.3 Å². The third-order valence-corrected chi connectivity index (χ3v) is 3.95. The van der Waals surface area contributed by atoms with Gasteiger partial charge in [0.1, 0.15) is 0 Å². The highest BCUT2D eigenvalue weighted by molar-refractivity contribution is 5.77. The summed E-state index contributed by atoms with van der Waals surface area (Å²) in [6.07, 6.45) is 0.448. The van der Waals surface area contributed by atoms with Gasteiger partial charge in [-0.15, -0.1) is 0 Å². The molecule has 3 N–H and O–H groups in total. The molecule has 1 aromatic rings. The van der Waals surface area contributed by atoms with E-state index in [1.54, 1.807) is 0 Å². The summed E-state index contributed by atoms with van der Waals surface area (Å²) in [6.45, 7) is 2.05. The number of aliphatic hydroxyl groups is 1. The molecule has 20 heavy (non-hydrogen) atoms. The summed E-state index contributed by atoms with van der Waals surface area (Å²) in [7, 11) is 0. The van der Waals surface area contributed by atoms with Gasteiger partial charge >= 0.3 is 0 Å². The maximum atomic E-state index is 12.1. The fourth-order valence-electron chi connectivity index (χ4n) is 2.95. The van der Waals surface area contributed by atoms with Crippen molar-refractivity contribution in [2.75, 3.05) is 19.8 Å². The van der Waals surface area contributed by atoms with Gasteiger partial charge in [0.25, 0.3) is 0 Å². The van der Waals surface area contributed by atoms with Crippen LogP contribution in [-0.2, 0) is 16.0 Å². The number of fused-ring (bicyclic) bond motifs is 1. The summed E-state index contributed by atoms with van der Waals surface area (Å²) >= 11 is 0. The largest absolute Gasteiger partial charge is 0.390 e. The Morgan fingerprint density at radius 2 is 2.30 bits per heavy atom. The summed E-state index contributed by atoms with van der Waals surface area (Å²) in [5.74, 6) is -0.0475. The Morgan fingerprint density at radius 1 is 1.45 bits per heavy atom. The average molecular weight is 276 g/mol. The second-order valence-electron chi connectivity index (χ2n) is 5.45. The number of aliphatic hydroxyl groups excluding tert-OH is 1. The normalized spacial score (nSPS) is 28.9. The molecular formula is C15H20N2O3. The van der Waals surface area contributed by atoms with Crippen molar-refractivity contribution in [3.63, 3.8) is 0 Å². The van der Waals surface area contributed by atoms with E-state index in [-0.39, 0.29) is 18.0 Å². The number of carbonyl (C=O) groups is 1. The molecule has 3 atom stereocenters. The van der Waals surface area contributed by atoms with E-state index in [9.17, 15) is 9.90 Å². The quantitative estimate of drug-likeness (QED) is 0.734. The molecule has 0 saturated carbocycles. The van der Waals surface area contributed by atoms with E-state index in [2.05, 4.69) is 10.6 Å². The van der Waals surface area contributed by atoms with Crippen LogP contribution in [0.1, 0.15) is 23.6 Å². The predicted octanol–water partition coefficient (Wildman–Crippen LogP) is 0.139. The summed E-state index contributed by atoms with van der Waals surface area (Å²) in [4.78, 5) is 12.1. The van der Waals surface area contributed by atoms with Crippen LogP contribution in [0.3, 0.4) is 0 Å². The number of amides is 1. The van der Waals surface area contributed by atoms with Crippen LogP contribution in [0.5, 0.6) is 0 Å². The van der Waals surface area contributed by atoms with Gasteiger partial charge < -0.3 is 20.5 Å². The Labute approximate surface area is 118 Å². The van der Waals surface area contributed by atoms with Crippen LogP contribution in [0.2, 0.25) is 0 Å². The van der Waals surface area contributed by atoms with Crippen molar-refractivity contribution in [1.82, 2.24) is 10.6 Å². The number of benzene rings is 1. The molecule has 1 aliphatic carbocycles.